The van der Waals surface area contributed by atoms with Gasteiger partial charge in [-0.2, -0.15) is 0 Å². The van der Waals surface area contributed by atoms with Crippen LogP contribution in [0.2, 0.25) is 0 Å². The molecule has 1 saturated heterocycles. The lowest BCUT2D eigenvalue weighted by Crippen LogP contribution is -2.57. The van der Waals surface area contributed by atoms with Crippen LogP contribution in [0.25, 0.3) is 0 Å². The van der Waals surface area contributed by atoms with E-state index in [1.807, 2.05) is 36.4 Å². The molecule has 2 atom stereocenters. The van der Waals surface area contributed by atoms with Gasteiger partial charge in [0.2, 0.25) is 5.91 Å². The molecule has 26 heavy (non-hydrogen) atoms. The van der Waals surface area contributed by atoms with E-state index in [0.29, 0.717) is 5.56 Å². The molecular weight excluding hydrogens is 332 g/mol. The van der Waals surface area contributed by atoms with Gasteiger partial charge in [-0.15, -0.1) is 0 Å². The second-order valence-corrected chi connectivity index (χ2v) is 6.25. The number of aliphatic hydroxyl groups is 1. The summed E-state index contributed by atoms with van der Waals surface area (Å²) >= 11 is 0. The molecule has 2 aromatic carbocycles. The van der Waals surface area contributed by atoms with Crippen LogP contribution in [0, 0.1) is 0 Å². The Labute approximate surface area is 152 Å². The Kier molecular flexibility index (Phi) is 5.35. The standard InChI is InChI=1S/C20H22N2O4/c21-13-18(24)22-12-11-17(23)20(22,16-9-5-2-6-10-16)19(25)26-14-15-7-3-1-4-8-15/h1-10,17,23H,11-14,21H2/t17-,20?/m0/s1. The minimum Gasteiger partial charge on any atom is -0.459 e. The first kappa shape index (κ1) is 18.1. The third kappa shape index (κ3) is 3.09. The average Bonchev–Trinajstić information content (AvgIpc) is 3.05. The van der Waals surface area contributed by atoms with Crippen LogP contribution in [0.3, 0.4) is 0 Å². The molecule has 0 radical (unpaired) electrons. The van der Waals surface area contributed by atoms with E-state index in [0.717, 1.165) is 5.56 Å². The lowest BCUT2D eigenvalue weighted by atomic mass is 9.84. The summed E-state index contributed by atoms with van der Waals surface area (Å²) in [6.45, 7) is 0.0609. The highest BCUT2D eigenvalue weighted by atomic mass is 16.5. The summed E-state index contributed by atoms with van der Waals surface area (Å²) in [5.74, 6) is -1.05. The number of hydrogen-bond acceptors (Lipinski definition) is 5. The Hall–Kier alpha value is -2.70. The average molecular weight is 354 g/mol. The third-order valence-electron chi connectivity index (χ3n) is 4.75. The van der Waals surface area contributed by atoms with Crippen LogP contribution in [0.5, 0.6) is 0 Å². The number of esters is 1. The van der Waals surface area contributed by atoms with E-state index in [2.05, 4.69) is 0 Å². The van der Waals surface area contributed by atoms with Crippen LogP contribution in [0.1, 0.15) is 17.5 Å². The Morgan fingerprint density at radius 1 is 1.12 bits per heavy atom. The van der Waals surface area contributed by atoms with Crippen molar-refractivity contribution < 1.29 is 19.4 Å². The van der Waals surface area contributed by atoms with Crippen molar-refractivity contribution in [1.82, 2.24) is 4.90 Å². The van der Waals surface area contributed by atoms with Crippen LogP contribution < -0.4 is 5.73 Å². The molecule has 2 aromatic rings. The van der Waals surface area contributed by atoms with Crippen molar-refractivity contribution >= 4 is 11.9 Å². The quantitative estimate of drug-likeness (QED) is 0.787. The highest BCUT2D eigenvalue weighted by Crippen LogP contribution is 2.40. The monoisotopic (exact) mass is 354 g/mol. The Balaban J connectivity index is 1.97. The van der Waals surface area contributed by atoms with E-state index in [9.17, 15) is 14.7 Å². The van der Waals surface area contributed by atoms with Crippen molar-refractivity contribution in [3.05, 3.63) is 71.8 Å². The fourth-order valence-electron chi connectivity index (χ4n) is 3.49. The summed E-state index contributed by atoms with van der Waals surface area (Å²) in [6.07, 6.45) is -0.787. The highest BCUT2D eigenvalue weighted by molar-refractivity contribution is 5.91. The number of benzene rings is 2. The van der Waals surface area contributed by atoms with E-state index in [1.165, 1.54) is 4.90 Å². The molecule has 6 nitrogen and oxygen atoms in total. The predicted molar refractivity (Wildman–Crippen MR) is 95.7 cm³/mol. The minimum atomic E-state index is -1.58. The molecule has 1 amide bonds. The first-order valence-corrected chi connectivity index (χ1v) is 8.56. The van der Waals surface area contributed by atoms with E-state index >= 15 is 0 Å². The van der Waals surface area contributed by atoms with Gasteiger partial charge >= 0.3 is 5.97 Å². The van der Waals surface area contributed by atoms with Crippen LogP contribution in [0.4, 0.5) is 0 Å². The molecule has 0 bridgehead atoms. The van der Waals surface area contributed by atoms with Crippen molar-refractivity contribution in [2.45, 2.75) is 24.7 Å². The second-order valence-electron chi connectivity index (χ2n) is 6.25. The van der Waals surface area contributed by atoms with Gasteiger partial charge in [0.25, 0.3) is 0 Å². The van der Waals surface area contributed by atoms with Crippen LogP contribution in [0.15, 0.2) is 60.7 Å². The molecule has 6 heteroatoms. The highest BCUT2D eigenvalue weighted by Gasteiger charge is 2.58. The number of amides is 1. The van der Waals surface area contributed by atoms with E-state index in [1.54, 1.807) is 24.3 Å². The van der Waals surface area contributed by atoms with Gasteiger partial charge in [0.15, 0.2) is 5.54 Å². The Bertz CT molecular complexity index is 766. The number of hydrogen-bond donors (Lipinski definition) is 2. The summed E-state index contributed by atoms with van der Waals surface area (Å²) in [4.78, 5) is 26.9. The van der Waals surface area contributed by atoms with Gasteiger partial charge in [-0.1, -0.05) is 60.7 Å². The fraction of sp³-hybridized carbons (Fsp3) is 0.300. The van der Waals surface area contributed by atoms with Crippen molar-refractivity contribution in [2.75, 3.05) is 13.1 Å². The van der Waals surface area contributed by atoms with Gasteiger partial charge in [-0.3, -0.25) is 4.79 Å². The maximum absolute atomic E-state index is 13.2. The summed E-state index contributed by atoms with van der Waals surface area (Å²) in [6, 6.07) is 18.0. The van der Waals surface area contributed by atoms with E-state index < -0.39 is 23.5 Å². The van der Waals surface area contributed by atoms with Crippen molar-refractivity contribution in [3.63, 3.8) is 0 Å². The number of nitrogens with zero attached hydrogens (tertiary/aromatic N) is 1. The lowest BCUT2D eigenvalue weighted by Gasteiger charge is -2.38. The smallest absolute Gasteiger partial charge is 0.339 e. The van der Waals surface area contributed by atoms with Crippen molar-refractivity contribution in [2.24, 2.45) is 5.73 Å². The zero-order valence-corrected chi connectivity index (χ0v) is 14.4. The Morgan fingerprint density at radius 3 is 2.35 bits per heavy atom. The molecule has 136 valence electrons. The van der Waals surface area contributed by atoms with E-state index in [-0.39, 0.29) is 26.1 Å². The van der Waals surface area contributed by atoms with Crippen LogP contribution in [-0.2, 0) is 26.5 Å². The largest absolute Gasteiger partial charge is 0.459 e. The summed E-state index contributed by atoms with van der Waals surface area (Å²) < 4.78 is 5.53. The first-order valence-electron chi connectivity index (χ1n) is 8.56. The van der Waals surface area contributed by atoms with Crippen molar-refractivity contribution in [1.29, 1.82) is 0 Å². The molecule has 1 fully saturated rings. The van der Waals surface area contributed by atoms with Gasteiger partial charge in [0.05, 0.1) is 12.6 Å². The number of aliphatic hydroxyl groups excluding tert-OH is 1. The van der Waals surface area contributed by atoms with Gasteiger partial charge in [0.1, 0.15) is 6.61 Å². The zero-order valence-electron chi connectivity index (χ0n) is 14.4. The van der Waals surface area contributed by atoms with Gasteiger partial charge in [-0.05, 0) is 17.5 Å². The summed E-state index contributed by atoms with van der Waals surface area (Å²) in [5, 5.41) is 10.7. The van der Waals surface area contributed by atoms with Crippen LogP contribution >= 0.6 is 0 Å². The molecule has 1 aliphatic rings. The van der Waals surface area contributed by atoms with Crippen LogP contribution in [-0.4, -0.2) is 41.1 Å². The maximum atomic E-state index is 13.2. The fourth-order valence-corrected chi connectivity index (χ4v) is 3.49. The SMILES string of the molecule is NCC(=O)N1CC[C@H](O)C1(C(=O)OCc1ccccc1)c1ccccc1. The van der Waals surface area contributed by atoms with Gasteiger partial charge in [-0.25, -0.2) is 4.79 Å². The zero-order chi connectivity index (χ0) is 18.6. The maximum Gasteiger partial charge on any atom is 0.339 e. The topological polar surface area (TPSA) is 92.9 Å². The molecule has 0 saturated carbocycles. The molecule has 1 aliphatic heterocycles. The van der Waals surface area contributed by atoms with Crippen molar-refractivity contribution in [3.8, 4) is 0 Å². The molecule has 3 N–H and O–H groups in total. The molecule has 0 aliphatic carbocycles. The second kappa shape index (κ2) is 7.68. The molecule has 0 aromatic heterocycles. The molecule has 1 heterocycles. The molecule has 1 unspecified atom stereocenters. The summed E-state index contributed by atoms with van der Waals surface area (Å²) in [5.41, 5.74) is 5.31. The number of carbonyl (C=O) groups is 2. The Morgan fingerprint density at radius 2 is 1.73 bits per heavy atom. The number of carbonyl (C=O) groups excluding carboxylic acids is 2. The third-order valence-corrected chi connectivity index (χ3v) is 4.75. The van der Waals surface area contributed by atoms with Gasteiger partial charge in [0, 0.05) is 6.54 Å². The van der Waals surface area contributed by atoms with E-state index in [4.69, 9.17) is 10.5 Å². The number of ether oxygens (including phenoxy) is 1. The number of likely N-dealkylation sites (tertiary alicyclic amines) is 1. The molecular formula is C20H22N2O4. The number of rotatable bonds is 5. The molecule has 0 spiro atoms. The predicted octanol–water partition coefficient (Wildman–Crippen LogP) is 1.18. The van der Waals surface area contributed by atoms with Gasteiger partial charge < -0.3 is 20.5 Å². The summed E-state index contributed by atoms with van der Waals surface area (Å²) in [7, 11) is 0. The normalized spacial score (nSPS) is 22.2. The lowest BCUT2D eigenvalue weighted by molar-refractivity contribution is -0.169. The number of nitrogens with two attached hydrogens (primary N) is 1. The first-order chi connectivity index (χ1) is 12.6. The minimum absolute atomic E-state index is 0.0611. The molecule has 3 rings (SSSR count).